The zero-order chi connectivity index (χ0) is 34.1. The van der Waals surface area contributed by atoms with E-state index in [1.165, 1.54) is 45.5 Å². The van der Waals surface area contributed by atoms with Gasteiger partial charge in [-0.2, -0.15) is 13.2 Å². The number of aromatic nitrogens is 2. The average molecular weight is 675 g/mol. The number of methoxy groups -OCH3 is 1. The second-order valence-corrected chi connectivity index (χ2v) is 11.7. The Morgan fingerprint density at radius 2 is 1.79 bits per heavy atom. The number of alkyl halides is 3. The molecule has 14 heteroatoms. The van der Waals surface area contributed by atoms with E-state index in [9.17, 15) is 27.5 Å². The van der Waals surface area contributed by atoms with Crippen molar-refractivity contribution in [1.82, 2.24) is 14.9 Å². The first-order chi connectivity index (χ1) is 22.2. The van der Waals surface area contributed by atoms with Crippen molar-refractivity contribution in [3.05, 3.63) is 83.4 Å². The largest absolute Gasteiger partial charge is 0.493 e. The van der Waals surface area contributed by atoms with Gasteiger partial charge in [-0.25, -0.2) is 14.4 Å². The number of rotatable bonds is 9. The minimum absolute atomic E-state index is 0.0809. The van der Waals surface area contributed by atoms with Crippen LogP contribution in [-0.2, 0) is 16.6 Å². The fraction of sp³-hybridized carbons (Fsp3) is 0.303. The fourth-order valence-electron chi connectivity index (χ4n) is 5.21. The number of halogens is 5. The van der Waals surface area contributed by atoms with Gasteiger partial charge in [-0.05, 0) is 50.3 Å². The third-order valence-electron chi connectivity index (χ3n) is 7.62. The number of anilines is 2. The lowest BCUT2D eigenvalue weighted by molar-refractivity contribution is -0.140. The zero-order valence-corrected chi connectivity index (χ0v) is 26.4. The molecule has 1 aromatic heterocycles. The van der Waals surface area contributed by atoms with Crippen LogP contribution in [0.5, 0.6) is 23.0 Å². The molecule has 1 fully saturated rings. The van der Waals surface area contributed by atoms with E-state index in [0.717, 1.165) is 12.1 Å². The maximum atomic E-state index is 14.7. The second-order valence-electron chi connectivity index (χ2n) is 11.3. The Balaban J connectivity index is 1.48. The molecule has 0 saturated carbocycles. The summed E-state index contributed by atoms with van der Waals surface area (Å²) in [4.78, 5) is 22.4. The van der Waals surface area contributed by atoms with Crippen LogP contribution >= 0.6 is 11.6 Å². The van der Waals surface area contributed by atoms with Crippen molar-refractivity contribution in [2.75, 3.05) is 25.5 Å². The first-order valence-corrected chi connectivity index (χ1v) is 14.8. The molecule has 0 unspecified atom stereocenters. The summed E-state index contributed by atoms with van der Waals surface area (Å²) >= 11 is 6.49. The number of fused-ring (bicyclic) bond motifs is 1. The number of likely N-dealkylation sites (tertiary alicyclic amines) is 1. The molecular formula is C33H31ClF4N4O5. The minimum atomic E-state index is -4.93. The predicted octanol–water partition coefficient (Wildman–Crippen LogP) is 7.77. The highest BCUT2D eigenvalue weighted by molar-refractivity contribution is 6.32. The number of amides is 1. The van der Waals surface area contributed by atoms with Crippen molar-refractivity contribution in [2.24, 2.45) is 0 Å². The van der Waals surface area contributed by atoms with Crippen LogP contribution in [-0.4, -0.2) is 52.2 Å². The Hall–Kier alpha value is -4.62. The molecule has 0 bridgehead atoms. The van der Waals surface area contributed by atoms with E-state index in [4.69, 9.17) is 25.8 Å². The highest BCUT2D eigenvalue weighted by Crippen LogP contribution is 2.43. The summed E-state index contributed by atoms with van der Waals surface area (Å²) in [5.74, 6) is -1.42. The zero-order valence-electron chi connectivity index (χ0n) is 25.6. The van der Waals surface area contributed by atoms with Crippen molar-refractivity contribution < 1.29 is 41.7 Å². The summed E-state index contributed by atoms with van der Waals surface area (Å²) in [6.45, 7) is 7.54. The van der Waals surface area contributed by atoms with Gasteiger partial charge in [-0.15, -0.1) is 0 Å². The van der Waals surface area contributed by atoms with E-state index < -0.39 is 28.9 Å². The Bertz CT molecular complexity index is 1820. The smallest absolute Gasteiger partial charge is 0.419 e. The number of nitrogens with one attached hydrogen (secondary N) is 1. The third-order valence-corrected chi connectivity index (χ3v) is 7.91. The number of hydrogen-bond donors (Lipinski definition) is 2. The summed E-state index contributed by atoms with van der Waals surface area (Å²) in [7, 11) is 1.51. The van der Waals surface area contributed by atoms with E-state index in [1.807, 2.05) is 0 Å². The lowest BCUT2D eigenvalue weighted by Gasteiger charge is -2.31. The van der Waals surface area contributed by atoms with E-state index in [2.05, 4.69) is 21.9 Å². The molecule has 4 aromatic rings. The summed E-state index contributed by atoms with van der Waals surface area (Å²) < 4.78 is 71.9. The van der Waals surface area contributed by atoms with Gasteiger partial charge in [0.05, 0.1) is 28.8 Å². The van der Waals surface area contributed by atoms with Gasteiger partial charge in [0.1, 0.15) is 24.0 Å². The van der Waals surface area contributed by atoms with E-state index >= 15 is 0 Å². The van der Waals surface area contributed by atoms with Crippen molar-refractivity contribution >= 4 is 39.9 Å². The van der Waals surface area contributed by atoms with Crippen molar-refractivity contribution in [2.45, 2.75) is 44.6 Å². The van der Waals surface area contributed by atoms with Gasteiger partial charge in [0, 0.05) is 48.6 Å². The highest BCUT2D eigenvalue weighted by atomic mass is 35.5. The lowest BCUT2D eigenvalue weighted by atomic mass is 9.96. The molecule has 3 aromatic carbocycles. The fourth-order valence-corrected chi connectivity index (χ4v) is 5.42. The van der Waals surface area contributed by atoms with Crippen LogP contribution in [0.15, 0.2) is 61.4 Å². The maximum Gasteiger partial charge on any atom is 0.419 e. The van der Waals surface area contributed by atoms with E-state index in [-0.39, 0.29) is 34.0 Å². The molecule has 9 nitrogen and oxygen atoms in total. The van der Waals surface area contributed by atoms with Crippen LogP contribution in [0.3, 0.4) is 0 Å². The highest BCUT2D eigenvalue weighted by Gasteiger charge is 2.35. The molecule has 1 amide bonds. The normalized spacial score (nSPS) is 14.2. The maximum absolute atomic E-state index is 14.7. The molecule has 0 radical (unpaired) electrons. The summed E-state index contributed by atoms with van der Waals surface area (Å²) in [6, 6.07) is 8.78. The van der Waals surface area contributed by atoms with Crippen molar-refractivity contribution in [3.63, 3.8) is 0 Å². The standard InChI is InChI=1S/C33H31ClF4N4O5/c1-5-29(43)42-11-9-18(10-12-42)46-28-13-19-23(16-27(28)45-4)39-17-40-31(19)41-24-15-22(34)26(14-21(24)32(2,3)44)47-25-8-6-7-20(30(25)35)33(36,37)38/h5-8,13-18,44H,1,9-12H2,2-4H3,(H,39,40,41). The molecule has 1 aliphatic rings. The van der Waals surface area contributed by atoms with E-state index in [1.54, 1.807) is 17.0 Å². The third kappa shape index (κ3) is 7.36. The van der Waals surface area contributed by atoms with Gasteiger partial charge in [-0.1, -0.05) is 24.2 Å². The molecule has 0 spiro atoms. The van der Waals surface area contributed by atoms with Gasteiger partial charge in [0.2, 0.25) is 5.91 Å². The Kier molecular flexibility index (Phi) is 9.51. The summed E-state index contributed by atoms with van der Waals surface area (Å²) in [5.41, 5.74) is -2.00. The monoisotopic (exact) mass is 674 g/mol. The Labute approximate surface area is 272 Å². The van der Waals surface area contributed by atoms with Gasteiger partial charge >= 0.3 is 6.18 Å². The topological polar surface area (TPSA) is 106 Å². The lowest BCUT2D eigenvalue weighted by Crippen LogP contribution is -2.41. The van der Waals surface area contributed by atoms with Crippen LogP contribution in [0.25, 0.3) is 10.9 Å². The molecule has 1 saturated heterocycles. The number of carbonyl (C=O) groups excluding carboxylic acids is 1. The second kappa shape index (κ2) is 13.2. The molecule has 2 heterocycles. The molecule has 0 aliphatic carbocycles. The van der Waals surface area contributed by atoms with Crippen LogP contribution in [0.4, 0.5) is 29.1 Å². The predicted molar refractivity (Wildman–Crippen MR) is 168 cm³/mol. The van der Waals surface area contributed by atoms with Gasteiger partial charge < -0.3 is 29.5 Å². The summed E-state index contributed by atoms with van der Waals surface area (Å²) in [5, 5.41) is 14.7. The minimum Gasteiger partial charge on any atom is -0.493 e. The Morgan fingerprint density at radius 1 is 1.06 bits per heavy atom. The van der Waals surface area contributed by atoms with Crippen LogP contribution in [0.2, 0.25) is 5.02 Å². The number of nitrogens with zero attached hydrogens (tertiary/aromatic N) is 3. The quantitative estimate of drug-likeness (QED) is 0.137. The van der Waals surface area contributed by atoms with Gasteiger partial charge in [-0.3, -0.25) is 4.79 Å². The molecule has 1 aliphatic heterocycles. The average Bonchev–Trinajstić information content (AvgIpc) is 3.02. The molecule has 2 N–H and O–H groups in total. The number of ether oxygens (including phenoxy) is 3. The number of carbonyl (C=O) groups is 1. The van der Waals surface area contributed by atoms with Crippen LogP contribution in [0.1, 0.15) is 37.8 Å². The van der Waals surface area contributed by atoms with Crippen molar-refractivity contribution in [1.29, 1.82) is 0 Å². The van der Waals surface area contributed by atoms with Gasteiger partial charge in [0.15, 0.2) is 23.1 Å². The number of piperidine rings is 1. The first kappa shape index (κ1) is 33.7. The van der Waals surface area contributed by atoms with Crippen molar-refractivity contribution in [3.8, 4) is 23.0 Å². The SMILES string of the molecule is C=CC(=O)N1CCC(Oc2cc3c(Nc4cc(Cl)c(Oc5cccc(C(F)(F)F)c5F)cc4C(C)(C)O)ncnc3cc2OC)CC1. The van der Waals surface area contributed by atoms with Crippen LogP contribution in [0, 0.1) is 5.82 Å². The summed E-state index contributed by atoms with van der Waals surface area (Å²) in [6.07, 6.45) is -1.30. The Morgan fingerprint density at radius 3 is 2.43 bits per heavy atom. The first-order valence-electron chi connectivity index (χ1n) is 14.5. The molecular weight excluding hydrogens is 644 g/mol. The van der Waals surface area contributed by atoms with Crippen LogP contribution < -0.4 is 19.5 Å². The molecule has 248 valence electrons. The number of hydrogen-bond acceptors (Lipinski definition) is 8. The number of benzene rings is 3. The molecule has 0 atom stereocenters. The molecule has 47 heavy (non-hydrogen) atoms. The number of aliphatic hydroxyl groups is 1. The molecule has 5 rings (SSSR count). The van der Waals surface area contributed by atoms with Gasteiger partial charge in [0.25, 0.3) is 0 Å². The van der Waals surface area contributed by atoms with E-state index in [0.29, 0.717) is 60.2 Å².